The molecule has 1 amide bonds. The predicted molar refractivity (Wildman–Crippen MR) is 74.6 cm³/mol. The highest BCUT2D eigenvalue weighted by Crippen LogP contribution is 2.18. The van der Waals surface area contributed by atoms with E-state index in [1.54, 1.807) is 17.0 Å². The van der Waals surface area contributed by atoms with Gasteiger partial charge in [0.25, 0.3) is 5.91 Å². The van der Waals surface area contributed by atoms with Crippen LogP contribution < -0.4 is 0 Å². The fourth-order valence-corrected chi connectivity index (χ4v) is 2.67. The third-order valence-electron chi connectivity index (χ3n) is 2.68. The monoisotopic (exact) mass is 278 g/mol. The maximum atomic E-state index is 12.0. The highest BCUT2D eigenvalue weighted by molar-refractivity contribution is 8.14. The molecule has 0 unspecified atom stereocenters. The average Bonchev–Trinajstić information content (AvgIpc) is 2.76. The number of rotatable bonds is 3. The second-order valence-corrected chi connectivity index (χ2v) is 5.29. The second kappa shape index (κ2) is 5.88. The molecule has 1 aromatic rings. The van der Waals surface area contributed by atoms with E-state index in [0.717, 1.165) is 11.3 Å². The minimum atomic E-state index is -0.919. The van der Waals surface area contributed by atoms with Gasteiger partial charge in [-0.3, -0.25) is 9.59 Å². The summed E-state index contributed by atoms with van der Waals surface area (Å²) < 4.78 is 0. The number of aliphatic imine (C=N–C) groups is 1. The molecule has 0 bridgehead atoms. The smallest absolute Gasteiger partial charge is 0.323 e. The lowest BCUT2D eigenvalue weighted by molar-refractivity contribution is -0.137. The molecule has 1 N–H and O–H groups in total. The zero-order valence-corrected chi connectivity index (χ0v) is 11.3. The number of thioether (sulfide) groups is 1. The van der Waals surface area contributed by atoms with E-state index in [-0.39, 0.29) is 12.5 Å². The van der Waals surface area contributed by atoms with Crippen LogP contribution in [0.1, 0.15) is 15.9 Å². The van der Waals surface area contributed by atoms with Crippen LogP contribution in [0, 0.1) is 6.92 Å². The summed E-state index contributed by atoms with van der Waals surface area (Å²) in [5.74, 6) is -0.495. The lowest BCUT2D eigenvalue weighted by Crippen LogP contribution is -2.30. The molecule has 0 aliphatic carbocycles. The number of hydrogen-bond acceptors (Lipinski definition) is 3. The van der Waals surface area contributed by atoms with Crippen LogP contribution in [0.2, 0.25) is 0 Å². The molecule has 1 aliphatic heterocycles. The molecule has 1 aromatic carbocycles. The summed E-state index contributed by atoms with van der Waals surface area (Å²) in [6.45, 7) is 2.44. The van der Waals surface area contributed by atoms with Gasteiger partial charge in [0.1, 0.15) is 6.54 Å². The van der Waals surface area contributed by atoms with Gasteiger partial charge in [-0.1, -0.05) is 29.5 Å². The molecule has 0 aromatic heterocycles. The first-order valence-electron chi connectivity index (χ1n) is 5.85. The van der Waals surface area contributed by atoms with Crippen molar-refractivity contribution < 1.29 is 14.7 Å². The Morgan fingerprint density at radius 3 is 2.68 bits per heavy atom. The zero-order chi connectivity index (χ0) is 13.8. The van der Waals surface area contributed by atoms with Gasteiger partial charge in [0, 0.05) is 17.9 Å². The minimum Gasteiger partial charge on any atom is -0.480 e. The first-order chi connectivity index (χ1) is 9.06. The van der Waals surface area contributed by atoms with Crippen LogP contribution in [-0.4, -0.2) is 45.9 Å². The normalized spacial score (nSPS) is 16.9. The standard InChI is InChI=1S/C13H14N2O3S/c1-9-2-4-10(5-3-9)12(18)14-13-15(6-7-19-13)8-11(16)17/h2-5H,6-8H2,1H3,(H,16,17). The molecule has 0 spiro atoms. The Hall–Kier alpha value is -1.82. The fraction of sp³-hybridized carbons (Fsp3) is 0.308. The van der Waals surface area contributed by atoms with Gasteiger partial charge in [0.2, 0.25) is 0 Å². The average molecular weight is 278 g/mol. The van der Waals surface area contributed by atoms with E-state index in [1.165, 1.54) is 11.8 Å². The molecule has 0 saturated carbocycles. The number of amidine groups is 1. The van der Waals surface area contributed by atoms with Gasteiger partial charge in [-0.2, -0.15) is 4.99 Å². The van der Waals surface area contributed by atoms with Gasteiger partial charge in [-0.25, -0.2) is 0 Å². The molecule has 1 aliphatic rings. The van der Waals surface area contributed by atoms with E-state index in [4.69, 9.17) is 5.11 Å². The number of nitrogens with zero attached hydrogens (tertiary/aromatic N) is 2. The van der Waals surface area contributed by atoms with E-state index in [0.29, 0.717) is 17.3 Å². The first kappa shape index (κ1) is 13.6. The van der Waals surface area contributed by atoms with Crippen molar-refractivity contribution in [2.24, 2.45) is 4.99 Å². The number of amides is 1. The summed E-state index contributed by atoms with van der Waals surface area (Å²) in [7, 11) is 0. The highest BCUT2D eigenvalue weighted by Gasteiger charge is 2.22. The molecule has 1 heterocycles. The Morgan fingerprint density at radius 2 is 2.05 bits per heavy atom. The largest absolute Gasteiger partial charge is 0.480 e. The summed E-state index contributed by atoms with van der Waals surface area (Å²) in [4.78, 5) is 28.3. The Morgan fingerprint density at radius 1 is 1.37 bits per heavy atom. The molecule has 100 valence electrons. The summed E-state index contributed by atoms with van der Waals surface area (Å²) in [6, 6.07) is 7.15. The zero-order valence-electron chi connectivity index (χ0n) is 10.5. The molecule has 5 nitrogen and oxygen atoms in total. The predicted octanol–water partition coefficient (Wildman–Crippen LogP) is 1.62. The Bertz CT molecular complexity index is 525. The van der Waals surface area contributed by atoms with Gasteiger partial charge in [-0.15, -0.1) is 0 Å². The first-order valence-corrected chi connectivity index (χ1v) is 6.84. The van der Waals surface area contributed by atoms with E-state index in [1.807, 2.05) is 19.1 Å². The number of aryl methyl sites for hydroxylation is 1. The fourth-order valence-electron chi connectivity index (χ4n) is 1.69. The maximum Gasteiger partial charge on any atom is 0.323 e. The summed E-state index contributed by atoms with van der Waals surface area (Å²) >= 11 is 1.41. The van der Waals surface area contributed by atoms with Crippen molar-refractivity contribution >= 4 is 28.8 Å². The van der Waals surface area contributed by atoms with Crippen molar-refractivity contribution in [1.82, 2.24) is 4.90 Å². The number of hydrogen-bond donors (Lipinski definition) is 1. The van der Waals surface area contributed by atoms with Crippen molar-refractivity contribution in [3.8, 4) is 0 Å². The van der Waals surface area contributed by atoms with Crippen LogP contribution in [0.25, 0.3) is 0 Å². The molecule has 1 saturated heterocycles. The molecule has 0 radical (unpaired) electrons. The number of aliphatic carboxylic acids is 1. The van der Waals surface area contributed by atoms with E-state index < -0.39 is 5.97 Å². The Balaban J connectivity index is 2.13. The van der Waals surface area contributed by atoms with Gasteiger partial charge in [0.05, 0.1) is 0 Å². The summed E-state index contributed by atoms with van der Waals surface area (Å²) in [6.07, 6.45) is 0. The van der Waals surface area contributed by atoms with Crippen LogP contribution in [0.3, 0.4) is 0 Å². The van der Waals surface area contributed by atoms with Crippen LogP contribution in [0.15, 0.2) is 29.3 Å². The number of carboxylic acids is 1. The van der Waals surface area contributed by atoms with Crippen molar-refractivity contribution in [3.05, 3.63) is 35.4 Å². The maximum absolute atomic E-state index is 12.0. The molecule has 1 fully saturated rings. The Kier molecular flexibility index (Phi) is 4.21. The summed E-state index contributed by atoms with van der Waals surface area (Å²) in [5.41, 5.74) is 1.59. The lowest BCUT2D eigenvalue weighted by Gasteiger charge is -2.14. The van der Waals surface area contributed by atoms with Crippen molar-refractivity contribution in [2.75, 3.05) is 18.8 Å². The van der Waals surface area contributed by atoms with Crippen LogP contribution in [0.5, 0.6) is 0 Å². The van der Waals surface area contributed by atoms with Crippen molar-refractivity contribution in [2.45, 2.75) is 6.92 Å². The van der Waals surface area contributed by atoms with Gasteiger partial charge in [-0.05, 0) is 19.1 Å². The SMILES string of the molecule is Cc1ccc(C(=O)N=C2SCCN2CC(=O)O)cc1. The second-order valence-electron chi connectivity index (χ2n) is 4.23. The highest BCUT2D eigenvalue weighted by atomic mass is 32.2. The van der Waals surface area contributed by atoms with E-state index in [2.05, 4.69) is 4.99 Å². The number of carboxylic acid groups (broad SMARTS) is 1. The van der Waals surface area contributed by atoms with E-state index in [9.17, 15) is 9.59 Å². The van der Waals surface area contributed by atoms with E-state index >= 15 is 0 Å². The third kappa shape index (κ3) is 3.57. The van der Waals surface area contributed by atoms with Crippen LogP contribution in [-0.2, 0) is 4.79 Å². The lowest BCUT2D eigenvalue weighted by atomic mass is 10.1. The number of carbonyl (C=O) groups excluding carboxylic acids is 1. The minimum absolute atomic E-state index is 0.118. The van der Waals surface area contributed by atoms with Crippen LogP contribution >= 0.6 is 11.8 Å². The van der Waals surface area contributed by atoms with Gasteiger partial charge < -0.3 is 10.0 Å². The topological polar surface area (TPSA) is 70.0 Å². The molecular weight excluding hydrogens is 264 g/mol. The molecule has 19 heavy (non-hydrogen) atoms. The van der Waals surface area contributed by atoms with Crippen molar-refractivity contribution in [1.29, 1.82) is 0 Å². The van der Waals surface area contributed by atoms with Crippen molar-refractivity contribution in [3.63, 3.8) is 0 Å². The molecule has 0 atom stereocenters. The quantitative estimate of drug-likeness (QED) is 0.910. The Labute approximate surface area is 115 Å². The third-order valence-corrected chi connectivity index (χ3v) is 3.68. The molecule has 6 heteroatoms. The van der Waals surface area contributed by atoms with Gasteiger partial charge >= 0.3 is 5.97 Å². The van der Waals surface area contributed by atoms with Crippen LogP contribution in [0.4, 0.5) is 0 Å². The number of carbonyl (C=O) groups is 2. The molecule has 2 rings (SSSR count). The molecular formula is C13H14N2O3S. The summed E-state index contributed by atoms with van der Waals surface area (Å²) in [5, 5.41) is 9.28. The van der Waals surface area contributed by atoms with Gasteiger partial charge in [0.15, 0.2) is 5.17 Å². The number of benzene rings is 1.